The Labute approximate surface area is 347 Å². The van der Waals surface area contributed by atoms with Crippen molar-refractivity contribution in [2.45, 2.75) is 92.3 Å². The Balaban J connectivity index is 1.11. The molecule has 6 aromatic rings. The Kier molecular flexibility index (Phi) is 12.9. The van der Waals surface area contributed by atoms with E-state index in [0.29, 0.717) is 11.8 Å². The average Bonchev–Trinajstić information content (AvgIpc) is 3.23. The molecule has 2 aliphatic rings. The molecule has 0 spiro atoms. The summed E-state index contributed by atoms with van der Waals surface area (Å²) in [6.07, 6.45) is 5.97. The number of aryl methyl sites for hydroxylation is 4. The molecular weight excluding hydrogens is 758 g/mol. The number of fused-ring (bicyclic) bond motifs is 2. The van der Waals surface area contributed by atoms with Crippen molar-refractivity contribution in [2.75, 3.05) is 0 Å². The smallest absolute Gasteiger partial charge is 0.417 e. The summed E-state index contributed by atoms with van der Waals surface area (Å²) >= 11 is 0. The van der Waals surface area contributed by atoms with Crippen LogP contribution in [0.4, 0.5) is 0 Å². The van der Waals surface area contributed by atoms with Crippen LogP contribution in [-0.2, 0) is 9.05 Å². The molecule has 0 aromatic heterocycles. The van der Waals surface area contributed by atoms with Crippen LogP contribution >= 0.6 is 17.2 Å². The molecule has 6 aromatic carbocycles. The molecule has 0 heterocycles. The van der Waals surface area contributed by atoms with Gasteiger partial charge >= 0.3 is 17.2 Å². The lowest BCUT2D eigenvalue weighted by molar-refractivity contribution is -0.0362. The topological polar surface area (TPSA) is 55.4 Å². The van der Waals surface area contributed by atoms with Gasteiger partial charge in [-0.3, -0.25) is 9.05 Å². The van der Waals surface area contributed by atoms with E-state index < -0.39 is 17.2 Å². The van der Waals surface area contributed by atoms with E-state index in [-0.39, 0.29) is 24.0 Å². The Hall–Kier alpha value is -4.18. The van der Waals surface area contributed by atoms with Gasteiger partial charge in [0.05, 0.1) is 12.2 Å². The van der Waals surface area contributed by atoms with Gasteiger partial charge in [0.2, 0.25) is 0 Å². The molecule has 8 heteroatoms. The van der Waals surface area contributed by atoms with E-state index in [1.54, 1.807) is 0 Å². The van der Waals surface area contributed by atoms with Crippen molar-refractivity contribution in [3.05, 3.63) is 144 Å². The summed E-state index contributed by atoms with van der Waals surface area (Å²) in [5.74, 6) is 4.69. The molecule has 8 atom stereocenters. The Morgan fingerprint density at radius 3 is 1.16 bits per heavy atom. The van der Waals surface area contributed by atoms with Gasteiger partial charge < -0.3 is 18.1 Å². The van der Waals surface area contributed by atoms with Gasteiger partial charge in [-0.25, -0.2) is 0 Å². The first-order valence-electron chi connectivity index (χ1n) is 20.9. The largest absolute Gasteiger partial charge is 0.463 e. The first-order chi connectivity index (χ1) is 28.2. The molecule has 0 N–H and O–H groups in total. The van der Waals surface area contributed by atoms with Gasteiger partial charge in [0.1, 0.15) is 23.0 Å². The van der Waals surface area contributed by atoms with Crippen LogP contribution in [0, 0.1) is 51.4 Å². The van der Waals surface area contributed by atoms with Gasteiger partial charge in [-0.15, -0.1) is 0 Å². The zero-order valence-corrected chi connectivity index (χ0v) is 36.4. The normalized spacial score (nSPS) is 23.3. The number of para-hydroxylation sites is 2. The van der Waals surface area contributed by atoms with Gasteiger partial charge in [-0.1, -0.05) is 111 Å². The molecule has 0 amide bonds. The predicted octanol–water partition coefficient (Wildman–Crippen LogP) is 14.9. The summed E-state index contributed by atoms with van der Waals surface area (Å²) in [6, 6.07) is 41.4. The van der Waals surface area contributed by atoms with Crippen LogP contribution in [0.5, 0.6) is 23.0 Å². The molecule has 0 bridgehead atoms. The number of benzene rings is 6. The third-order valence-electron chi connectivity index (χ3n) is 12.3. The van der Waals surface area contributed by atoms with Crippen LogP contribution in [0.25, 0.3) is 21.5 Å². The van der Waals surface area contributed by atoms with Gasteiger partial charge in [0, 0.05) is 10.8 Å². The van der Waals surface area contributed by atoms with Crippen LogP contribution in [0.15, 0.2) is 121 Å². The quantitative estimate of drug-likeness (QED) is 0.108. The molecule has 0 aliphatic heterocycles. The summed E-state index contributed by atoms with van der Waals surface area (Å²) in [7, 11) is -3.63. The lowest BCUT2D eigenvalue weighted by Crippen LogP contribution is -2.43. The molecule has 8 rings (SSSR count). The zero-order valence-electron chi connectivity index (χ0n) is 34.6. The lowest BCUT2D eigenvalue weighted by Gasteiger charge is -2.45. The highest BCUT2D eigenvalue weighted by atomic mass is 31.2. The second-order valence-electron chi connectivity index (χ2n) is 16.6. The fraction of sp³-hybridized carbons (Fsp3) is 0.360. The Morgan fingerprint density at radius 1 is 0.379 bits per heavy atom. The molecule has 302 valence electrons. The van der Waals surface area contributed by atoms with E-state index in [9.17, 15) is 0 Å². The van der Waals surface area contributed by atoms with Crippen molar-refractivity contribution < 1.29 is 27.1 Å². The molecule has 2 fully saturated rings. The minimum atomic E-state index is -1.82. The third kappa shape index (κ3) is 9.32. The fourth-order valence-electron chi connectivity index (χ4n) is 8.94. The fourth-order valence-corrected chi connectivity index (χ4v) is 11.5. The summed E-state index contributed by atoms with van der Waals surface area (Å²) in [4.78, 5) is 0. The summed E-state index contributed by atoms with van der Waals surface area (Å²) in [6.45, 7) is 13.2. The molecule has 0 radical (unpaired) electrons. The summed E-state index contributed by atoms with van der Waals surface area (Å²) in [5.41, 5.74) is 4.50. The zero-order chi connectivity index (χ0) is 40.2. The molecule has 6 nitrogen and oxygen atoms in total. The molecule has 58 heavy (non-hydrogen) atoms. The second-order valence-corrected chi connectivity index (χ2v) is 18.7. The van der Waals surface area contributed by atoms with Crippen LogP contribution < -0.4 is 18.1 Å². The van der Waals surface area contributed by atoms with Gasteiger partial charge in [-0.05, 0) is 147 Å². The Bertz CT molecular complexity index is 2170. The first kappa shape index (κ1) is 40.6. The lowest BCUT2D eigenvalue weighted by atomic mass is 9.66. The first-order valence-corrected chi connectivity index (χ1v) is 23.1. The molecule has 8 unspecified atom stereocenters. The van der Waals surface area contributed by atoms with Crippen molar-refractivity contribution in [3.8, 4) is 23.0 Å². The maximum Gasteiger partial charge on any atom is 0.463 e. The molecule has 2 saturated carbocycles. The standard InChI is InChI=1S/C50H56O6P2/c1-33-23-27-49(55-57(51-45-21-13-7-15-37(45)5)53-47-29-25-35(3)39-17-9-11-19-41(39)47)43(31-33)44-32-34(2)24-28-50(44)56-58(52-46-22-14-8-16-38(46)6)54-48-30-26-36(4)40-18-10-12-20-42(40)48/h7-22,25-26,29-30,33-34,43-44,49-50H,23-24,27-28,31-32H2,1-6H3. The van der Waals surface area contributed by atoms with E-state index in [1.165, 1.54) is 11.1 Å². The summed E-state index contributed by atoms with van der Waals surface area (Å²) < 4.78 is 41.6. The Morgan fingerprint density at radius 2 is 0.741 bits per heavy atom. The van der Waals surface area contributed by atoms with Crippen molar-refractivity contribution in [1.29, 1.82) is 0 Å². The van der Waals surface area contributed by atoms with Crippen molar-refractivity contribution in [2.24, 2.45) is 23.7 Å². The third-order valence-corrected chi connectivity index (χ3v) is 14.5. The van der Waals surface area contributed by atoms with Crippen LogP contribution in [0.2, 0.25) is 0 Å². The van der Waals surface area contributed by atoms with Crippen LogP contribution in [0.3, 0.4) is 0 Å². The highest BCUT2D eigenvalue weighted by Gasteiger charge is 2.45. The number of hydrogen-bond acceptors (Lipinski definition) is 6. The van der Waals surface area contributed by atoms with Crippen molar-refractivity contribution in [1.82, 2.24) is 0 Å². The highest BCUT2D eigenvalue weighted by Crippen LogP contribution is 2.54. The van der Waals surface area contributed by atoms with Gasteiger partial charge in [-0.2, -0.15) is 0 Å². The van der Waals surface area contributed by atoms with Crippen LogP contribution in [0.1, 0.15) is 74.6 Å². The molecule has 0 saturated heterocycles. The maximum absolute atomic E-state index is 7.21. The van der Waals surface area contributed by atoms with E-state index in [2.05, 4.69) is 126 Å². The minimum absolute atomic E-state index is 0.0742. The predicted molar refractivity (Wildman–Crippen MR) is 239 cm³/mol. The maximum atomic E-state index is 7.21. The molecular formula is C50H56O6P2. The van der Waals surface area contributed by atoms with Crippen molar-refractivity contribution >= 4 is 38.7 Å². The van der Waals surface area contributed by atoms with E-state index >= 15 is 0 Å². The SMILES string of the molecule is Cc1ccccc1OP(Oc1ccc(C)c2ccccc12)OC1CCC(C)CC1C1CC(C)CCC1OP(Oc1ccccc1C)Oc1ccc(C)c2ccccc12. The van der Waals surface area contributed by atoms with Gasteiger partial charge in [0.15, 0.2) is 0 Å². The number of hydrogen-bond donors (Lipinski definition) is 0. The van der Waals surface area contributed by atoms with E-state index in [4.69, 9.17) is 27.1 Å². The van der Waals surface area contributed by atoms with E-state index in [1.807, 2.05) is 36.4 Å². The van der Waals surface area contributed by atoms with Gasteiger partial charge in [0.25, 0.3) is 0 Å². The minimum Gasteiger partial charge on any atom is -0.417 e. The highest BCUT2D eigenvalue weighted by molar-refractivity contribution is 7.43. The average molecular weight is 815 g/mol. The number of rotatable bonds is 13. The van der Waals surface area contributed by atoms with Crippen LogP contribution in [-0.4, -0.2) is 12.2 Å². The van der Waals surface area contributed by atoms with E-state index in [0.717, 1.165) is 94.2 Å². The summed E-state index contributed by atoms with van der Waals surface area (Å²) in [5, 5.41) is 4.44. The monoisotopic (exact) mass is 814 g/mol. The molecule has 2 aliphatic carbocycles. The van der Waals surface area contributed by atoms with Crippen molar-refractivity contribution in [3.63, 3.8) is 0 Å². The second kappa shape index (κ2) is 18.4.